The number of carbonyl (C=O) groups is 1. The van der Waals surface area contributed by atoms with Gasteiger partial charge in [0.05, 0.1) is 0 Å². The zero-order valence-electron chi connectivity index (χ0n) is 11.8. The van der Waals surface area contributed by atoms with Crippen molar-refractivity contribution in [1.82, 2.24) is 10.3 Å². The molecule has 0 spiro atoms. The largest absolute Gasteiger partial charge is 0.349 e. The molecule has 0 saturated heterocycles. The first-order valence-electron chi connectivity index (χ1n) is 7.33. The van der Waals surface area contributed by atoms with Crippen LogP contribution in [0.1, 0.15) is 36.0 Å². The first-order valence-corrected chi connectivity index (χ1v) is 7.33. The Labute approximate surface area is 123 Å². The fourth-order valence-corrected chi connectivity index (χ4v) is 2.89. The van der Waals surface area contributed by atoms with E-state index in [1.165, 1.54) is 0 Å². The Balaban J connectivity index is 1.97. The molecule has 108 valence electrons. The van der Waals surface area contributed by atoms with Gasteiger partial charge in [-0.2, -0.15) is 0 Å². The van der Waals surface area contributed by atoms with Crippen LogP contribution in [-0.4, -0.2) is 16.9 Å². The molecule has 2 N–H and O–H groups in total. The smallest absolute Gasteiger partial charge is 0.261 e. The highest BCUT2D eigenvalue weighted by atomic mass is 16.2. The van der Waals surface area contributed by atoms with Crippen molar-refractivity contribution in [2.75, 3.05) is 0 Å². The molecule has 0 atom stereocenters. The van der Waals surface area contributed by atoms with Crippen LogP contribution in [0.15, 0.2) is 47.4 Å². The molecule has 21 heavy (non-hydrogen) atoms. The molecule has 1 aromatic carbocycles. The molecule has 2 aromatic rings. The van der Waals surface area contributed by atoms with Crippen molar-refractivity contribution in [3.63, 3.8) is 0 Å². The summed E-state index contributed by atoms with van der Waals surface area (Å²) in [5.41, 5.74) is 1.41. The number of pyridine rings is 1. The summed E-state index contributed by atoms with van der Waals surface area (Å²) >= 11 is 0. The average Bonchev–Trinajstić information content (AvgIpc) is 3.00. The molecule has 1 heterocycles. The molecule has 0 radical (unpaired) electrons. The molecule has 1 aliphatic rings. The minimum atomic E-state index is -0.341. The highest BCUT2D eigenvalue weighted by Gasteiger charge is 2.22. The van der Waals surface area contributed by atoms with Gasteiger partial charge >= 0.3 is 0 Å². The van der Waals surface area contributed by atoms with Crippen LogP contribution in [0.5, 0.6) is 0 Å². The number of carbonyl (C=O) groups excluding carboxylic acids is 1. The van der Waals surface area contributed by atoms with E-state index in [0.29, 0.717) is 5.56 Å². The summed E-state index contributed by atoms with van der Waals surface area (Å²) in [7, 11) is 0. The van der Waals surface area contributed by atoms with Crippen LogP contribution in [0.3, 0.4) is 0 Å². The van der Waals surface area contributed by atoms with E-state index in [0.717, 1.165) is 31.2 Å². The normalized spacial score (nSPS) is 15.0. The average molecular weight is 282 g/mol. The van der Waals surface area contributed by atoms with Gasteiger partial charge in [0.2, 0.25) is 0 Å². The quantitative estimate of drug-likeness (QED) is 0.909. The van der Waals surface area contributed by atoms with Crippen molar-refractivity contribution in [3.8, 4) is 11.1 Å². The summed E-state index contributed by atoms with van der Waals surface area (Å²) in [6.07, 6.45) is 5.86. The van der Waals surface area contributed by atoms with Gasteiger partial charge in [-0.3, -0.25) is 9.59 Å². The third kappa shape index (κ3) is 2.89. The van der Waals surface area contributed by atoms with Gasteiger partial charge in [0, 0.05) is 17.8 Å². The molecule has 0 unspecified atom stereocenters. The molecule has 0 bridgehead atoms. The van der Waals surface area contributed by atoms with Crippen LogP contribution in [-0.2, 0) is 0 Å². The van der Waals surface area contributed by atoms with Gasteiger partial charge in [-0.25, -0.2) is 0 Å². The Bertz CT molecular complexity index is 685. The number of aromatic nitrogens is 1. The van der Waals surface area contributed by atoms with Crippen molar-refractivity contribution < 1.29 is 4.79 Å². The maximum Gasteiger partial charge on any atom is 0.261 e. The zero-order valence-corrected chi connectivity index (χ0v) is 11.8. The fourth-order valence-electron chi connectivity index (χ4n) is 2.89. The van der Waals surface area contributed by atoms with E-state index >= 15 is 0 Å². The molecule has 1 amide bonds. The Hall–Kier alpha value is -2.36. The lowest BCUT2D eigenvalue weighted by Crippen LogP contribution is -2.36. The molecule has 1 aromatic heterocycles. The lowest BCUT2D eigenvalue weighted by molar-refractivity contribution is 0.0937. The van der Waals surface area contributed by atoms with Crippen LogP contribution in [0, 0.1) is 0 Å². The van der Waals surface area contributed by atoms with E-state index in [1.54, 1.807) is 12.3 Å². The van der Waals surface area contributed by atoms with Gasteiger partial charge in [0.1, 0.15) is 5.56 Å². The number of rotatable bonds is 3. The van der Waals surface area contributed by atoms with Crippen LogP contribution in [0.4, 0.5) is 0 Å². The van der Waals surface area contributed by atoms with E-state index in [4.69, 9.17) is 0 Å². The second-order valence-corrected chi connectivity index (χ2v) is 5.42. The van der Waals surface area contributed by atoms with Crippen LogP contribution in [0.2, 0.25) is 0 Å². The first kappa shape index (κ1) is 13.6. The predicted molar refractivity (Wildman–Crippen MR) is 82.2 cm³/mol. The maximum absolute atomic E-state index is 12.5. The molecule has 1 fully saturated rings. The highest BCUT2D eigenvalue weighted by Crippen LogP contribution is 2.22. The van der Waals surface area contributed by atoms with Crippen LogP contribution < -0.4 is 10.9 Å². The van der Waals surface area contributed by atoms with Crippen molar-refractivity contribution in [2.24, 2.45) is 0 Å². The molecular formula is C17H18N2O2. The number of aromatic amines is 1. The van der Waals surface area contributed by atoms with Gasteiger partial charge in [-0.15, -0.1) is 0 Å². The number of nitrogens with one attached hydrogen (secondary N) is 2. The Morgan fingerprint density at radius 3 is 2.52 bits per heavy atom. The summed E-state index contributed by atoms with van der Waals surface area (Å²) in [4.78, 5) is 27.2. The minimum absolute atomic E-state index is 0.195. The number of benzene rings is 1. The van der Waals surface area contributed by atoms with E-state index in [2.05, 4.69) is 10.3 Å². The van der Waals surface area contributed by atoms with Crippen molar-refractivity contribution in [2.45, 2.75) is 31.7 Å². The number of H-pyrrole nitrogens is 1. The molecule has 3 rings (SSSR count). The van der Waals surface area contributed by atoms with Crippen molar-refractivity contribution in [1.29, 1.82) is 0 Å². The minimum Gasteiger partial charge on any atom is -0.349 e. The Kier molecular flexibility index (Phi) is 3.86. The van der Waals surface area contributed by atoms with Gasteiger partial charge in [-0.05, 0) is 24.5 Å². The zero-order chi connectivity index (χ0) is 14.7. The highest BCUT2D eigenvalue weighted by molar-refractivity contribution is 6.00. The standard InChI is InChI=1S/C17H18N2O2/c20-16-15(17(21)19-13-8-4-5-9-13)14(10-11-18-16)12-6-2-1-3-7-12/h1-3,6-7,10-11,13H,4-5,8-9H2,(H,18,20)(H,19,21). The molecule has 4 heteroatoms. The van der Waals surface area contributed by atoms with E-state index in [9.17, 15) is 9.59 Å². The van der Waals surface area contributed by atoms with Crippen molar-refractivity contribution in [3.05, 3.63) is 58.5 Å². The summed E-state index contributed by atoms with van der Waals surface area (Å²) in [6, 6.07) is 11.5. The van der Waals surface area contributed by atoms with Gasteiger partial charge < -0.3 is 10.3 Å². The lowest BCUT2D eigenvalue weighted by atomic mass is 10.0. The Morgan fingerprint density at radius 1 is 1.10 bits per heavy atom. The SMILES string of the molecule is O=C(NC1CCCC1)c1c(-c2ccccc2)cc[nH]c1=O. The van der Waals surface area contributed by atoms with Crippen LogP contribution >= 0.6 is 0 Å². The summed E-state index contributed by atoms with van der Waals surface area (Å²) in [5.74, 6) is -0.275. The third-order valence-corrected chi connectivity index (χ3v) is 3.96. The second kappa shape index (κ2) is 5.95. The molecule has 4 nitrogen and oxygen atoms in total. The maximum atomic E-state index is 12.5. The van der Waals surface area contributed by atoms with Gasteiger partial charge in [0.25, 0.3) is 11.5 Å². The molecular weight excluding hydrogens is 264 g/mol. The monoisotopic (exact) mass is 282 g/mol. The molecule has 0 aliphatic heterocycles. The van der Waals surface area contributed by atoms with Gasteiger partial charge in [-0.1, -0.05) is 43.2 Å². The van der Waals surface area contributed by atoms with Crippen LogP contribution in [0.25, 0.3) is 11.1 Å². The lowest BCUT2D eigenvalue weighted by Gasteiger charge is -2.13. The first-order chi connectivity index (χ1) is 10.3. The molecule has 1 aliphatic carbocycles. The number of hydrogen-bond acceptors (Lipinski definition) is 2. The second-order valence-electron chi connectivity index (χ2n) is 5.42. The topological polar surface area (TPSA) is 62.0 Å². The fraction of sp³-hybridized carbons (Fsp3) is 0.294. The predicted octanol–water partition coefficient (Wildman–Crippen LogP) is 2.71. The molecule has 1 saturated carbocycles. The Morgan fingerprint density at radius 2 is 1.81 bits per heavy atom. The van der Waals surface area contributed by atoms with Crippen molar-refractivity contribution >= 4 is 5.91 Å². The van der Waals surface area contributed by atoms with E-state index in [-0.39, 0.29) is 23.1 Å². The summed E-state index contributed by atoms with van der Waals surface area (Å²) in [6.45, 7) is 0. The number of amides is 1. The number of hydrogen-bond donors (Lipinski definition) is 2. The van der Waals surface area contributed by atoms with E-state index in [1.807, 2.05) is 30.3 Å². The summed E-state index contributed by atoms with van der Waals surface area (Å²) in [5, 5.41) is 2.99. The summed E-state index contributed by atoms with van der Waals surface area (Å²) < 4.78 is 0. The van der Waals surface area contributed by atoms with Gasteiger partial charge in [0.15, 0.2) is 0 Å². The van der Waals surface area contributed by atoms with E-state index < -0.39 is 0 Å². The third-order valence-electron chi connectivity index (χ3n) is 3.96.